The molecule has 0 bridgehead atoms. The lowest BCUT2D eigenvalue weighted by atomic mass is 10.1. The van der Waals surface area contributed by atoms with Gasteiger partial charge in [0, 0.05) is 11.1 Å². The van der Waals surface area contributed by atoms with Crippen LogP contribution in [0.1, 0.15) is 19.4 Å². The third-order valence-corrected chi connectivity index (χ3v) is 3.93. The lowest BCUT2D eigenvalue weighted by Crippen LogP contribution is -2.46. The van der Waals surface area contributed by atoms with Crippen LogP contribution in [0.5, 0.6) is 0 Å². The first-order valence-corrected chi connectivity index (χ1v) is 8.34. The highest BCUT2D eigenvalue weighted by Crippen LogP contribution is 2.13. The number of hydrogen-bond acceptors (Lipinski definition) is 4. The Labute approximate surface area is 163 Å². The molecule has 0 saturated carbocycles. The molecule has 0 aliphatic rings. The fourth-order valence-corrected chi connectivity index (χ4v) is 2.23. The summed E-state index contributed by atoms with van der Waals surface area (Å²) in [5, 5.41) is 10.1. The van der Waals surface area contributed by atoms with Crippen LogP contribution in [-0.2, 0) is 16.1 Å². The van der Waals surface area contributed by atoms with Crippen LogP contribution in [0.25, 0.3) is 0 Å². The fraction of sp³-hybridized carbons (Fsp3) is 0.353. The Hall–Kier alpha value is -2.09. The van der Waals surface area contributed by atoms with E-state index >= 15 is 0 Å². The fourth-order valence-electron chi connectivity index (χ4n) is 2.10. The van der Waals surface area contributed by atoms with Gasteiger partial charge in [0.15, 0.2) is 0 Å². The minimum Gasteiger partial charge on any atom is -0.346 e. The maximum Gasteiger partial charge on any atom is 0.244 e. The van der Waals surface area contributed by atoms with Gasteiger partial charge in [0.2, 0.25) is 11.8 Å². The smallest absolute Gasteiger partial charge is 0.244 e. The van der Waals surface area contributed by atoms with Crippen LogP contribution in [0.15, 0.2) is 36.5 Å². The molecule has 2 amide bonds. The first-order chi connectivity index (χ1) is 11.9. The summed E-state index contributed by atoms with van der Waals surface area (Å²) in [5.41, 5.74) is 6.74. The van der Waals surface area contributed by atoms with Gasteiger partial charge in [-0.05, 0) is 23.6 Å². The predicted octanol–water partition coefficient (Wildman–Crippen LogP) is 2.04. The van der Waals surface area contributed by atoms with Crippen molar-refractivity contribution in [3.8, 4) is 0 Å². The number of benzene rings is 1. The third-order valence-electron chi connectivity index (χ3n) is 3.67. The zero-order chi connectivity index (χ0) is 18.4. The molecule has 4 N–H and O–H groups in total. The van der Waals surface area contributed by atoms with E-state index in [0.29, 0.717) is 17.4 Å². The number of carbonyl (C=O) groups excluding carboxylic acids is 2. The number of amides is 2. The summed E-state index contributed by atoms with van der Waals surface area (Å²) < 4.78 is 1.66. The van der Waals surface area contributed by atoms with Gasteiger partial charge in [-0.1, -0.05) is 37.6 Å². The van der Waals surface area contributed by atoms with Crippen molar-refractivity contribution in [2.45, 2.75) is 26.4 Å². The lowest BCUT2D eigenvalue weighted by molar-refractivity contribution is -0.125. The normalized spacial score (nSPS) is 11.6. The first-order valence-electron chi connectivity index (χ1n) is 7.96. The Kier molecular flexibility index (Phi) is 8.57. The molecule has 0 spiro atoms. The Morgan fingerprint density at radius 3 is 2.50 bits per heavy atom. The van der Waals surface area contributed by atoms with Crippen molar-refractivity contribution in [2.75, 3.05) is 11.9 Å². The first kappa shape index (κ1) is 22.0. The summed E-state index contributed by atoms with van der Waals surface area (Å²) in [7, 11) is 0. The topological polar surface area (TPSA) is 102 Å². The maximum absolute atomic E-state index is 12.0. The highest BCUT2D eigenvalue weighted by molar-refractivity contribution is 6.30. The summed E-state index contributed by atoms with van der Waals surface area (Å²) in [5.74, 6) is -0.145. The van der Waals surface area contributed by atoms with Crippen LogP contribution >= 0.6 is 24.0 Å². The number of rotatable bonds is 7. The van der Waals surface area contributed by atoms with E-state index in [0.717, 1.165) is 5.56 Å². The molecule has 1 atom stereocenters. The number of halogens is 2. The molecule has 9 heteroatoms. The molecule has 0 fully saturated rings. The monoisotopic (exact) mass is 399 g/mol. The van der Waals surface area contributed by atoms with Crippen molar-refractivity contribution in [3.05, 3.63) is 47.1 Å². The average molecular weight is 400 g/mol. The largest absolute Gasteiger partial charge is 0.346 e. The molecule has 1 heterocycles. The molecule has 0 saturated heterocycles. The molecule has 7 nitrogen and oxygen atoms in total. The molecular weight excluding hydrogens is 377 g/mol. The van der Waals surface area contributed by atoms with Crippen LogP contribution in [0.2, 0.25) is 5.02 Å². The number of carbonyl (C=O) groups is 2. The van der Waals surface area contributed by atoms with Gasteiger partial charge in [-0.15, -0.1) is 12.4 Å². The Bertz CT molecular complexity index is 731. The standard InChI is InChI=1S/C17H22ClN5O2.ClH/c1-11(2)16(19)17(25)20-9-15(24)22-14-7-8-21-23(14)10-12-3-5-13(18)6-4-12;/h3-8,11,16H,9-10,19H2,1-2H3,(H,20,25)(H,22,24);1H/t16-;/m0./s1. The van der Waals surface area contributed by atoms with Crippen LogP contribution in [0.4, 0.5) is 5.82 Å². The molecular formula is C17H23Cl2N5O2. The Morgan fingerprint density at radius 1 is 1.23 bits per heavy atom. The molecule has 2 aromatic rings. The molecule has 1 aromatic heterocycles. The van der Waals surface area contributed by atoms with Gasteiger partial charge in [-0.25, -0.2) is 4.68 Å². The van der Waals surface area contributed by atoms with Gasteiger partial charge in [0.1, 0.15) is 5.82 Å². The second-order valence-corrected chi connectivity index (χ2v) is 6.47. The van der Waals surface area contributed by atoms with Crippen LogP contribution < -0.4 is 16.4 Å². The summed E-state index contributed by atoms with van der Waals surface area (Å²) in [6.45, 7) is 4.04. The number of nitrogens with one attached hydrogen (secondary N) is 2. The Morgan fingerprint density at radius 2 is 1.88 bits per heavy atom. The summed E-state index contributed by atoms with van der Waals surface area (Å²) in [6, 6.07) is 8.43. The zero-order valence-electron chi connectivity index (χ0n) is 14.6. The second-order valence-electron chi connectivity index (χ2n) is 6.04. The molecule has 142 valence electrons. The molecule has 26 heavy (non-hydrogen) atoms. The van der Waals surface area contributed by atoms with Gasteiger partial charge in [0.25, 0.3) is 0 Å². The quantitative estimate of drug-likeness (QED) is 0.662. The van der Waals surface area contributed by atoms with Gasteiger partial charge in [0.05, 0.1) is 25.3 Å². The van der Waals surface area contributed by atoms with Gasteiger partial charge < -0.3 is 16.4 Å². The van der Waals surface area contributed by atoms with E-state index < -0.39 is 6.04 Å². The van der Waals surface area contributed by atoms with Crippen LogP contribution in [0.3, 0.4) is 0 Å². The summed E-state index contributed by atoms with van der Waals surface area (Å²) >= 11 is 5.87. The van der Waals surface area contributed by atoms with E-state index in [1.165, 1.54) is 0 Å². The van der Waals surface area contributed by atoms with Crippen molar-refractivity contribution >= 4 is 41.6 Å². The molecule has 2 rings (SSSR count). The summed E-state index contributed by atoms with van der Waals surface area (Å²) in [4.78, 5) is 23.8. The van der Waals surface area contributed by atoms with Crippen molar-refractivity contribution in [1.82, 2.24) is 15.1 Å². The van der Waals surface area contributed by atoms with E-state index in [2.05, 4.69) is 15.7 Å². The van der Waals surface area contributed by atoms with E-state index in [1.54, 1.807) is 29.1 Å². The lowest BCUT2D eigenvalue weighted by Gasteiger charge is -2.15. The minimum atomic E-state index is -0.636. The SMILES string of the molecule is CC(C)[C@H](N)C(=O)NCC(=O)Nc1ccnn1Cc1ccc(Cl)cc1.Cl. The number of nitrogens with zero attached hydrogens (tertiary/aromatic N) is 2. The molecule has 0 unspecified atom stereocenters. The molecule has 0 aliphatic carbocycles. The number of anilines is 1. The van der Waals surface area contributed by atoms with E-state index in [4.69, 9.17) is 17.3 Å². The van der Waals surface area contributed by atoms with Crippen molar-refractivity contribution < 1.29 is 9.59 Å². The summed E-state index contributed by atoms with van der Waals surface area (Å²) in [6.07, 6.45) is 1.60. The van der Waals surface area contributed by atoms with Crippen LogP contribution in [0, 0.1) is 5.92 Å². The van der Waals surface area contributed by atoms with E-state index in [1.807, 2.05) is 26.0 Å². The number of aromatic nitrogens is 2. The van der Waals surface area contributed by atoms with E-state index in [-0.39, 0.29) is 36.7 Å². The highest BCUT2D eigenvalue weighted by atomic mass is 35.5. The molecule has 0 aliphatic heterocycles. The maximum atomic E-state index is 12.0. The van der Waals surface area contributed by atoms with Gasteiger partial charge in [-0.3, -0.25) is 9.59 Å². The molecule has 0 radical (unpaired) electrons. The molecule has 1 aromatic carbocycles. The predicted molar refractivity (Wildman–Crippen MR) is 104 cm³/mol. The van der Waals surface area contributed by atoms with Crippen LogP contribution in [-0.4, -0.2) is 34.2 Å². The zero-order valence-corrected chi connectivity index (χ0v) is 16.2. The minimum absolute atomic E-state index is 0. The second kappa shape index (κ2) is 10.2. The van der Waals surface area contributed by atoms with Gasteiger partial charge >= 0.3 is 0 Å². The number of hydrogen-bond donors (Lipinski definition) is 3. The van der Waals surface area contributed by atoms with Gasteiger partial charge in [-0.2, -0.15) is 5.10 Å². The van der Waals surface area contributed by atoms with Crippen molar-refractivity contribution in [3.63, 3.8) is 0 Å². The number of nitrogens with two attached hydrogens (primary N) is 1. The third kappa shape index (κ3) is 6.33. The highest BCUT2D eigenvalue weighted by Gasteiger charge is 2.18. The van der Waals surface area contributed by atoms with Crippen molar-refractivity contribution in [1.29, 1.82) is 0 Å². The van der Waals surface area contributed by atoms with Crippen molar-refractivity contribution in [2.24, 2.45) is 11.7 Å². The van der Waals surface area contributed by atoms with E-state index in [9.17, 15) is 9.59 Å². The average Bonchev–Trinajstić information content (AvgIpc) is 3.00. The Balaban J connectivity index is 0.00000338.